The van der Waals surface area contributed by atoms with Crippen molar-refractivity contribution >= 4 is 34.0 Å². The van der Waals surface area contributed by atoms with Gasteiger partial charge in [-0.1, -0.05) is 6.07 Å². The van der Waals surface area contributed by atoms with Crippen LogP contribution >= 0.6 is 12.4 Å². The molecule has 3 rings (SSSR count). The summed E-state index contributed by atoms with van der Waals surface area (Å²) in [5.74, 6) is -0.331. The third-order valence-corrected chi connectivity index (χ3v) is 5.97. The van der Waals surface area contributed by atoms with Crippen LogP contribution in [0.3, 0.4) is 0 Å². The Hall–Kier alpha value is -2.03. The molecule has 142 valence electrons. The minimum absolute atomic E-state index is 0. The SMILES string of the molecule is CNC(=O)c1cc(S(=O)(=O)NC2CCCc3cc(N)ccc32)cn1C.Cl. The van der Waals surface area contributed by atoms with Crippen molar-refractivity contribution in [3.05, 3.63) is 47.3 Å². The predicted molar refractivity (Wildman–Crippen MR) is 103 cm³/mol. The predicted octanol–water partition coefficient (Wildman–Crippen LogP) is 1.74. The van der Waals surface area contributed by atoms with Crippen molar-refractivity contribution in [1.29, 1.82) is 0 Å². The molecule has 0 aliphatic heterocycles. The van der Waals surface area contributed by atoms with Gasteiger partial charge in [-0.25, -0.2) is 13.1 Å². The Labute approximate surface area is 159 Å². The molecule has 1 amide bonds. The number of carbonyl (C=O) groups is 1. The highest BCUT2D eigenvalue weighted by Gasteiger charge is 2.27. The fourth-order valence-electron chi connectivity index (χ4n) is 3.25. The zero-order valence-electron chi connectivity index (χ0n) is 14.7. The van der Waals surface area contributed by atoms with Gasteiger partial charge >= 0.3 is 0 Å². The minimum atomic E-state index is -3.74. The lowest BCUT2D eigenvalue weighted by Crippen LogP contribution is -2.31. The van der Waals surface area contributed by atoms with Crippen molar-refractivity contribution in [1.82, 2.24) is 14.6 Å². The summed E-state index contributed by atoms with van der Waals surface area (Å²) < 4.78 is 29.8. The number of sulfonamides is 1. The third kappa shape index (κ3) is 3.87. The molecule has 1 aliphatic rings. The van der Waals surface area contributed by atoms with E-state index >= 15 is 0 Å². The number of benzene rings is 1. The second-order valence-electron chi connectivity index (χ2n) is 6.28. The first-order chi connectivity index (χ1) is 11.8. The van der Waals surface area contributed by atoms with E-state index in [0.717, 1.165) is 30.4 Å². The molecule has 1 aliphatic carbocycles. The Morgan fingerprint density at radius 1 is 1.31 bits per heavy atom. The van der Waals surface area contributed by atoms with E-state index in [0.29, 0.717) is 11.4 Å². The lowest BCUT2D eigenvalue weighted by Gasteiger charge is -2.26. The molecule has 0 fully saturated rings. The van der Waals surface area contributed by atoms with Crippen LogP contribution in [0.1, 0.15) is 40.5 Å². The maximum Gasteiger partial charge on any atom is 0.267 e. The Balaban J connectivity index is 0.00000243. The molecule has 1 heterocycles. The number of aromatic nitrogens is 1. The summed E-state index contributed by atoms with van der Waals surface area (Å²) in [6.45, 7) is 0. The highest BCUT2D eigenvalue weighted by Crippen LogP contribution is 2.32. The van der Waals surface area contributed by atoms with Crippen molar-refractivity contribution in [3.63, 3.8) is 0 Å². The van der Waals surface area contributed by atoms with Gasteiger partial charge in [0.05, 0.1) is 0 Å². The quantitative estimate of drug-likeness (QED) is 0.682. The van der Waals surface area contributed by atoms with Gasteiger partial charge in [0.2, 0.25) is 10.0 Å². The van der Waals surface area contributed by atoms with Crippen molar-refractivity contribution in [2.24, 2.45) is 7.05 Å². The molecule has 2 aromatic rings. The van der Waals surface area contributed by atoms with Crippen LogP contribution in [-0.4, -0.2) is 25.9 Å². The minimum Gasteiger partial charge on any atom is -0.399 e. The highest BCUT2D eigenvalue weighted by atomic mass is 35.5. The third-order valence-electron chi connectivity index (χ3n) is 4.53. The first-order valence-corrected chi connectivity index (χ1v) is 9.59. The van der Waals surface area contributed by atoms with E-state index < -0.39 is 10.0 Å². The summed E-state index contributed by atoms with van der Waals surface area (Å²) in [5.41, 5.74) is 8.85. The molecule has 1 aromatic heterocycles. The maximum absolute atomic E-state index is 12.8. The number of fused-ring (bicyclic) bond motifs is 1. The first-order valence-electron chi connectivity index (χ1n) is 8.11. The molecule has 1 aromatic carbocycles. The van der Waals surface area contributed by atoms with E-state index in [9.17, 15) is 13.2 Å². The van der Waals surface area contributed by atoms with Gasteiger partial charge in [0.1, 0.15) is 10.6 Å². The average molecular weight is 399 g/mol. The van der Waals surface area contributed by atoms with E-state index in [2.05, 4.69) is 10.0 Å². The van der Waals surface area contributed by atoms with Gasteiger partial charge in [0.15, 0.2) is 0 Å². The molecule has 1 atom stereocenters. The number of halogens is 1. The van der Waals surface area contributed by atoms with Crippen LogP contribution in [0.2, 0.25) is 0 Å². The summed E-state index contributed by atoms with van der Waals surface area (Å²) in [6.07, 6.45) is 3.96. The van der Waals surface area contributed by atoms with Crippen LogP contribution in [0.4, 0.5) is 5.69 Å². The van der Waals surface area contributed by atoms with Gasteiger partial charge in [-0.3, -0.25) is 4.79 Å². The molecule has 1 unspecified atom stereocenters. The van der Waals surface area contributed by atoms with Crippen molar-refractivity contribution < 1.29 is 13.2 Å². The van der Waals surface area contributed by atoms with E-state index in [-0.39, 0.29) is 29.3 Å². The molecule has 0 radical (unpaired) electrons. The van der Waals surface area contributed by atoms with Crippen molar-refractivity contribution in [3.8, 4) is 0 Å². The van der Waals surface area contributed by atoms with Gasteiger partial charge in [0, 0.05) is 32.0 Å². The van der Waals surface area contributed by atoms with Crippen LogP contribution in [0.15, 0.2) is 35.4 Å². The fourth-order valence-corrected chi connectivity index (χ4v) is 4.57. The van der Waals surface area contributed by atoms with Crippen LogP contribution in [0.5, 0.6) is 0 Å². The standard InChI is InChI=1S/C17H22N4O3S.ClH/c1-19-17(22)16-9-13(10-21(16)2)25(23,24)20-15-5-3-4-11-8-12(18)6-7-14(11)15;/h6-10,15,20H,3-5,18H2,1-2H3,(H,19,22);1H. The van der Waals surface area contributed by atoms with Crippen molar-refractivity contribution in [2.75, 3.05) is 12.8 Å². The molecule has 0 bridgehead atoms. The topological polar surface area (TPSA) is 106 Å². The van der Waals surface area contributed by atoms with E-state index in [1.54, 1.807) is 13.1 Å². The molecular weight excluding hydrogens is 376 g/mol. The van der Waals surface area contributed by atoms with Crippen LogP contribution in [0, 0.1) is 0 Å². The molecule has 9 heteroatoms. The average Bonchev–Trinajstić information content (AvgIpc) is 2.96. The molecule has 0 saturated heterocycles. The zero-order chi connectivity index (χ0) is 18.2. The van der Waals surface area contributed by atoms with Gasteiger partial charge in [-0.05, 0) is 48.6 Å². The molecule has 7 nitrogen and oxygen atoms in total. The number of nitrogens with one attached hydrogen (secondary N) is 2. The smallest absolute Gasteiger partial charge is 0.267 e. The molecule has 4 N–H and O–H groups in total. The zero-order valence-corrected chi connectivity index (χ0v) is 16.3. The number of aryl methyl sites for hydroxylation is 2. The summed E-state index contributed by atoms with van der Waals surface area (Å²) in [4.78, 5) is 11.9. The number of rotatable bonds is 4. The number of nitrogen functional groups attached to an aromatic ring is 1. The number of amides is 1. The lowest BCUT2D eigenvalue weighted by atomic mass is 9.88. The van der Waals surface area contributed by atoms with Crippen molar-refractivity contribution in [2.45, 2.75) is 30.2 Å². The fraction of sp³-hybridized carbons (Fsp3) is 0.353. The van der Waals surface area contributed by atoms with Gasteiger partial charge < -0.3 is 15.6 Å². The molecule has 0 saturated carbocycles. The summed E-state index contributed by atoms with van der Waals surface area (Å²) >= 11 is 0. The molecule has 26 heavy (non-hydrogen) atoms. The molecular formula is C17H23ClN4O3S. The van der Waals surface area contributed by atoms with Gasteiger partial charge in [-0.15, -0.1) is 12.4 Å². The summed E-state index contributed by atoms with van der Waals surface area (Å²) in [6, 6.07) is 6.67. The Morgan fingerprint density at radius 3 is 2.73 bits per heavy atom. The Bertz CT molecular complexity index is 924. The number of hydrogen-bond acceptors (Lipinski definition) is 4. The van der Waals surface area contributed by atoms with Crippen LogP contribution < -0.4 is 15.8 Å². The highest BCUT2D eigenvalue weighted by molar-refractivity contribution is 7.89. The normalized spacial score (nSPS) is 16.5. The van der Waals surface area contributed by atoms with Gasteiger partial charge in [0.25, 0.3) is 5.91 Å². The van der Waals surface area contributed by atoms with E-state index in [1.807, 2.05) is 12.1 Å². The maximum atomic E-state index is 12.8. The number of hydrogen-bond donors (Lipinski definition) is 3. The number of carbonyl (C=O) groups excluding carboxylic acids is 1. The Kier molecular flexibility index (Phi) is 6.00. The second-order valence-corrected chi connectivity index (χ2v) is 7.99. The van der Waals surface area contributed by atoms with Crippen LogP contribution in [0.25, 0.3) is 0 Å². The second kappa shape index (κ2) is 7.69. The summed E-state index contributed by atoms with van der Waals surface area (Å²) in [7, 11) is -0.591. The van der Waals surface area contributed by atoms with E-state index in [1.165, 1.54) is 23.9 Å². The monoisotopic (exact) mass is 398 g/mol. The first kappa shape index (κ1) is 20.3. The lowest BCUT2D eigenvalue weighted by molar-refractivity contribution is 0.0955. The Morgan fingerprint density at radius 2 is 2.04 bits per heavy atom. The number of nitrogens with two attached hydrogens (primary N) is 1. The summed E-state index contributed by atoms with van der Waals surface area (Å²) in [5, 5.41) is 2.50. The molecule has 0 spiro atoms. The van der Waals surface area contributed by atoms with Crippen LogP contribution in [-0.2, 0) is 23.5 Å². The van der Waals surface area contributed by atoms with E-state index in [4.69, 9.17) is 5.73 Å². The number of anilines is 1. The number of nitrogens with zero attached hydrogens (tertiary/aromatic N) is 1. The largest absolute Gasteiger partial charge is 0.399 e. The van der Waals surface area contributed by atoms with Gasteiger partial charge in [-0.2, -0.15) is 0 Å².